The number of anilines is 2. The number of fused-ring (bicyclic) bond motifs is 1. The number of likely N-dealkylation sites (tertiary alicyclic amines) is 1. The average molecular weight is 402 g/mol. The van der Waals surface area contributed by atoms with E-state index in [1.807, 2.05) is 23.8 Å². The predicted octanol–water partition coefficient (Wildman–Crippen LogP) is 5.13. The Morgan fingerprint density at radius 1 is 1.14 bits per heavy atom. The Labute approximate surface area is 174 Å². The number of aromatic nitrogens is 3. The summed E-state index contributed by atoms with van der Waals surface area (Å²) in [7, 11) is 0. The Hall–Kier alpha value is -2.83. The van der Waals surface area contributed by atoms with Crippen LogP contribution in [0.5, 0.6) is 0 Å². The van der Waals surface area contributed by atoms with Gasteiger partial charge in [-0.3, -0.25) is 14.9 Å². The van der Waals surface area contributed by atoms with E-state index in [1.165, 1.54) is 16.6 Å². The van der Waals surface area contributed by atoms with Gasteiger partial charge in [0.15, 0.2) is 5.13 Å². The maximum atomic E-state index is 4.84. The van der Waals surface area contributed by atoms with E-state index in [2.05, 4.69) is 63.5 Å². The molecule has 0 aliphatic carbocycles. The van der Waals surface area contributed by atoms with Crippen molar-refractivity contribution in [1.29, 1.82) is 0 Å². The molecule has 0 saturated carbocycles. The van der Waals surface area contributed by atoms with Crippen molar-refractivity contribution in [3.63, 3.8) is 0 Å². The number of benzene rings is 1. The van der Waals surface area contributed by atoms with Gasteiger partial charge < -0.3 is 5.32 Å². The summed E-state index contributed by atoms with van der Waals surface area (Å²) in [6.07, 6.45) is 4.87. The first-order valence-corrected chi connectivity index (χ1v) is 10.8. The van der Waals surface area contributed by atoms with Gasteiger partial charge in [0.2, 0.25) is 0 Å². The molecule has 1 saturated heterocycles. The summed E-state index contributed by atoms with van der Waals surface area (Å²) in [5.74, 6) is 0.458. The number of aryl methyl sites for hydroxylation is 1. The standard InChI is InChI=1S/C23H23N5S/c1-16-12-19(27-23-25-9-11-29-23)13-22(26-16)18-7-10-28(15-18)14-17-6-8-24-21-5-3-2-4-20(17)21/h2-6,8-9,11-13,18H,7,10,14-15H2,1H3,(H,25,26,27)/t18-/m1/s1. The fourth-order valence-electron chi connectivity index (χ4n) is 4.14. The topological polar surface area (TPSA) is 53.9 Å². The molecule has 4 heterocycles. The van der Waals surface area contributed by atoms with Crippen LogP contribution in [0.1, 0.15) is 29.3 Å². The van der Waals surface area contributed by atoms with Gasteiger partial charge in [0, 0.05) is 59.2 Å². The molecule has 1 atom stereocenters. The van der Waals surface area contributed by atoms with Gasteiger partial charge in [-0.1, -0.05) is 18.2 Å². The van der Waals surface area contributed by atoms with Gasteiger partial charge in [-0.05, 0) is 49.7 Å². The van der Waals surface area contributed by atoms with Crippen molar-refractivity contribution in [2.75, 3.05) is 18.4 Å². The lowest BCUT2D eigenvalue weighted by Crippen LogP contribution is -2.20. The third-order valence-corrected chi connectivity index (χ3v) is 6.17. The Balaban J connectivity index is 1.32. The van der Waals surface area contributed by atoms with E-state index < -0.39 is 0 Å². The van der Waals surface area contributed by atoms with E-state index in [9.17, 15) is 0 Å². The molecule has 1 N–H and O–H groups in total. The number of nitrogens with zero attached hydrogens (tertiary/aromatic N) is 4. The van der Waals surface area contributed by atoms with Crippen LogP contribution in [0.3, 0.4) is 0 Å². The lowest BCUT2D eigenvalue weighted by molar-refractivity contribution is 0.327. The van der Waals surface area contributed by atoms with E-state index in [1.54, 1.807) is 11.3 Å². The summed E-state index contributed by atoms with van der Waals surface area (Å²) in [6, 6.07) is 14.8. The number of rotatable bonds is 5. The zero-order valence-corrected chi connectivity index (χ0v) is 17.2. The predicted molar refractivity (Wildman–Crippen MR) is 119 cm³/mol. The molecule has 1 fully saturated rings. The van der Waals surface area contributed by atoms with Gasteiger partial charge in [-0.25, -0.2) is 4.98 Å². The number of thiazole rings is 1. The van der Waals surface area contributed by atoms with Gasteiger partial charge in [-0.15, -0.1) is 11.3 Å². The van der Waals surface area contributed by atoms with Crippen molar-refractivity contribution in [2.45, 2.75) is 25.8 Å². The fourth-order valence-corrected chi connectivity index (χ4v) is 4.68. The molecule has 0 spiro atoms. The smallest absolute Gasteiger partial charge is 0.187 e. The minimum Gasteiger partial charge on any atom is -0.331 e. The average Bonchev–Trinajstić information content (AvgIpc) is 3.40. The van der Waals surface area contributed by atoms with Gasteiger partial charge in [0.25, 0.3) is 0 Å². The van der Waals surface area contributed by atoms with Crippen LogP contribution >= 0.6 is 11.3 Å². The lowest BCUT2D eigenvalue weighted by atomic mass is 10.0. The number of para-hydroxylation sites is 1. The summed E-state index contributed by atoms with van der Waals surface area (Å²) >= 11 is 1.61. The summed E-state index contributed by atoms with van der Waals surface area (Å²) in [5, 5.41) is 7.56. The molecule has 1 aliphatic heterocycles. The van der Waals surface area contributed by atoms with Crippen LogP contribution in [-0.4, -0.2) is 32.9 Å². The van der Waals surface area contributed by atoms with Crippen molar-refractivity contribution in [3.05, 3.63) is 77.2 Å². The Bertz CT molecular complexity index is 1120. The molecule has 0 unspecified atom stereocenters. The molecule has 3 aromatic heterocycles. The van der Waals surface area contributed by atoms with E-state index in [0.29, 0.717) is 5.92 Å². The molecule has 6 heteroatoms. The maximum Gasteiger partial charge on any atom is 0.187 e. The SMILES string of the molecule is Cc1cc(Nc2nccs2)cc([C@@H]2CCN(Cc3ccnc4ccccc34)C2)n1. The zero-order chi connectivity index (χ0) is 19.6. The second kappa shape index (κ2) is 7.89. The summed E-state index contributed by atoms with van der Waals surface area (Å²) in [4.78, 5) is 16.2. The van der Waals surface area contributed by atoms with Crippen LogP contribution in [0, 0.1) is 6.92 Å². The largest absolute Gasteiger partial charge is 0.331 e. The van der Waals surface area contributed by atoms with Gasteiger partial charge >= 0.3 is 0 Å². The van der Waals surface area contributed by atoms with Crippen molar-refractivity contribution in [3.8, 4) is 0 Å². The van der Waals surface area contributed by atoms with Crippen LogP contribution in [0.15, 0.2) is 60.2 Å². The monoisotopic (exact) mass is 401 g/mol. The number of pyridine rings is 2. The van der Waals surface area contributed by atoms with Crippen molar-refractivity contribution in [1.82, 2.24) is 19.9 Å². The van der Waals surface area contributed by atoms with Gasteiger partial charge in [-0.2, -0.15) is 0 Å². The van der Waals surface area contributed by atoms with Crippen LogP contribution in [0.25, 0.3) is 10.9 Å². The molecule has 4 aromatic rings. The van der Waals surface area contributed by atoms with Gasteiger partial charge in [0.1, 0.15) is 0 Å². The summed E-state index contributed by atoms with van der Waals surface area (Å²) < 4.78 is 0. The lowest BCUT2D eigenvalue weighted by Gasteiger charge is -2.18. The third-order valence-electron chi connectivity index (χ3n) is 5.48. The van der Waals surface area contributed by atoms with Crippen molar-refractivity contribution >= 4 is 33.1 Å². The summed E-state index contributed by atoms with van der Waals surface area (Å²) in [6.45, 7) is 5.14. The molecule has 1 aromatic carbocycles. The minimum atomic E-state index is 0.458. The maximum absolute atomic E-state index is 4.84. The Kier molecular flexibility index (Phi) is 4.96. The number of hydrogen-bond acceptors (Lipinski definition) is 6. The van der Waals surface area contributed by atoms with E-state index >= 15 is 0 Å². The molecule has 0 amide bonds. The first-order chi connectivity index (χ1) is 14.2. The first-order valence-electron chi connectivity index (χ1n) is 9.95. The molecule has 146 valence electrons. The van der Waals surface area contributed by atoms with Crippen LogP contribution in [0.2, 0.25) is 0 Å². The molecular formula is C23H23N5S. The van der Waals surface area contributed by atoms with Crippen molar-refractivity contribution < 1.29 is 0 Å². The quantitative estimate of drug-likeness (QED) is 0.502. The van der Waals surface area contributed by atoms with E-state index in [4.69, 9.17) is 4.98 Å². The normalized spacial score (nSPS) is 17.1. The molecule has 5 rings (SSSR count). The molecular weight excluding hydrogens is 378 g/mol. The molecule has 29 heavy (non-hydrogen) atoms. The highest BCUT2D eigenvalue weighted by Gasteiger charge is 2.25. The van der Waals surface area contributed by atoms with Crippen LogP contribution in [0.4, 0.5) is 10.8 Å². The highest BCUT2D eigenvalue weighted by atomic mass is 32.1. The Morgan fingerprint density at radius 3 is 2.97 bits per heavy atom. The Morgan fingerprint density at radius 2 is 2.07 bits per heavy atom. The summed E-state index contributed by atoms with van der Waals surface area (Å²) in [5.41, 5.74) is 5.70. The molecule has 1 aliphatic rings. The molecule has 5 nitrogen and oxygen atoms in total. The highest BCUT2D eigenvalue weighted by Crippen LogP contribution is 2.30. The van der Waals surface area contributed by atoms with Crippen LogP contribution < -0.4 is 5.32 Å². The van der Waals surface area contributed by atoms with Gasteiger partial charge in [0.05, 0.1) is 5.52 Å². The van der Waals surface area contributed by atoms with Crippen molar-refractivity contribution in [2.24, 2.45) is 0 Å². The highest BCUT2D eigenvalue weighted by molar-refractivity contribution is 7.13. The second-order valence-electron chi connectivity index (χ2n) is 7.59. The first kappa shape index (κ1) is 18.2. The minimum absolute atomic E-state index is 0.458. The number of hydrogen-bond donors (Lipinski definition) is 1. The van der Waals surface area contributed by atoms with E-state index in [-0.39, 0.29) is 0 Å². The zero-order valence-electron chi connectivity index (χ0n) is 16.4. The second-order valence-corrected chi connectivity index (χ2v) is 8.49. The molecule has 0 radical (unpaired) electrons. The molecule has 0 bridgehead atoms. The third kappa shape index (κ3) is 3.99. The number of nitrogens with one attached hydrogen (secondary N) is 1. The van der Waals surface area contributed by atoms with Crippen LogP contribution in [-0.2, 0) is 6.54 Å². The fraction of sp³-hybridized carbons (Fsp3) is 0.261. The van der Waals surface area contributed by atoms with E-state index in [0.717, 1.165) is 48.1 Å².